The van der Waals surface area contributed by atoms with Gasteiger partial charge in [-0.2, -0.15) is 0 Å². The third-order valence-corrected chi connectivity index (χ3v) is 7.16. The number of urea groups is 1. The van der Waals surface area contributed by atoms with Crippen molar-refractivity contribution in [1.29, 1.82) is 0 Å². The van der Waals surface area contributed by atoms with Crippen molar-refractivity contribution in [1.82, 2.24) is 10.2 Å². The number of carboxylic acid groups (broad SMARTS) is 1. The molecule has 1 unspecified atom stereocenters. The number of hydrogen-bond acceptors (Lipinski definition) is 6. The number of benzene rings is 1. The average molecular weight is 550 g/mol. The number of nitrogens with two attached hydrogens (primary N) is 1. The molecule has 0 bridgehead atoms. The van der Waals surface area contributed by atoms with Gasteiger partial charge in [-0.15, -0.1) is 11.3 Å². The predicted octanol–water partition coefficient (Wildman–Crippen LogP) is 4.90. The summed E-state index contributed by atoms with van der Waals surface area (Å²) in [5.41, 5.74) is 5.29. The molecule has 2 heterocycles. The molecule has 1 aliphatic heterocycles. The van der Waals surface area contributed by atoms with Crippen LogP contribution >= 0.6 is 11.3 Å². The van der Waals surface area contributed by atoms with Crippen LogP contribution in [0.3, 0.4) is 0 Å². The molecule has 3 rings (SSSR count). The van der Waals surface area contributed by atoms with Gasteiger partial charge in [-0.05, 0) is 48.9 Å². The summed E-state index contributed by atoms with van der Waals surface area (Å²) in [6.45, 7) is 7.86. The van der Waals surface area contributed by atoms with Crippen LogP contribution in [0.4, 0.5) is 29.5 Å². The van der Waals surface area contributed by atoms with Crippen molar-refractivity contribution in [2.45, 2.75) is 52.6 Å². The van der Waals surface area contributed by atoms with Gasteiger partial charge in [0.2, 0.25) is 0 Å². The molecule has 2 atom stereocenters. The minimum absolute atomic E-state index is 0.0780. The van der Waals surface area contributed by atoms with Crippen molar-refractivity contribution < 1.29 is 33.4 Å². The first-order chi connectivity index (χ1) is 17.8. The lowest BCUT2D eigenvalue weighted by atomic mass is 9.77. The van der Waals surface area contributed by atoms with Crippen LogP contribution in [0.5, 0.6) is 0 Å². The van der Waals surface area contributed by atoms with Crippen molar-refractivity contribution in [3.8, 4) is 10.4 Å². The molecule has 6 N–H and O–H groups in total. The summed E-state index contributed by atoms with van der Waals surface area (Å²) in [6.07, 6.45) is -0.690. The van der Waals surface area contributed by atoms with E-state index in [2.05, 4.69) is 16.0 Å². The number of thiophene rings is 1. The van der Waals surface area contributed by atoms with Gasteiger partial charge in [0.25, 0.3) is 5.91 Å². The maximum absolute atomic E-state index is 14.7. The highest BCUT2D eigenvalue weighted by molar-refractivity contribution is 7.20. The summed E-state index contributed by atoms with van der Waals surface area (Å²) >= 11 is 1.02. The van der Waals surface area contributed by atoms with E-state index in [0.29, 0.717) is 29.8 Å². The first-order valence-corrected chi connectivity index (χ1v) is 12.9. The number of anilines is 2. The van der Waals surface area contributed by atoms with Gasteiger partial charge in [0.15, 0.2) is 0 Å². The Labute approximate surface area is 223 Å². The molecule has 0 saturated carbocycles. The second-order valence-electron chi connectivity index (χ2n) is 9.89. The number of hydrogen-bond donors (Lipinski definition) is 5. The van der Waals surface area contributed by atoms with E-state index >= 15 is 0 Å². The van der Waals surface area contributed by atoms with Crippen molar-refractivity contribution in [2.24, 2.45) is 11.1 Å². The summed E-state index contributed by atoms with van der Waals surface area (Å²) in [4.78, 5) is 50.4. The number of ether oxygens (including phenoxy) is 1. The molecule has 38 heavy (non-hydrogen) atoms. The fraction of sp³-hybridized carbons (Fsp3) is 0.440. The summed E-state index contributed by atoms with van der Waals surface area (Å²) in [7, 11) is 0. The van der Waals surface area contributed by atoms with Crippen LogP contribution in [-0.2, 0) is 4.74 Å². The lowest BCUT2D eigenvalue weighted by Crippen LogP contribution is -2.61. The molecule has 11 nitrogen and oxygen atoms in total. The molecule has 1 aliphatic rings. The molecule has 5 amide bonds. The van der Waals surface area contributed by atoms with Crippen LogP contribution in [0.1, 0.15) is 50.9 Å². The number of amides is 5. The van der Waals surface area contributed by atoms with E-state index in [-0.39, 0.29) is 22.9 Å². The molecule has 1 aromatic carbocycles. The number of rotatable bonds is 6. The van der Waals surface area contributed by atoms with Crippen LogP contribution in [0.2, 0.25) is 0 Å². The molecule has 2 aromatic rings. The highest BCUT2D eigenvalue weighted by Crippen LogP contribution is 2.38. The molecule has 0 spiro atoms. The van der Waals surface area contributed by atoms with Crippen molar-refractivity contribution in [3.63, 3.8) is 0 Å². The topological polar surface area (TPSA) is 163 Å². The lowest BCUT2D eigenvalue weighted by Gasteiger charge is -2.46. The van der Waals surface area contributed by atoms with E-state index in [9.17, 15) is 28.7 Å². The fourth-order valence-corrected chi connectivity index (χ4v) is 5.69. The largest absolute Gasteiger partial charge is 0.465 e. The van der Waals surface area contributed by atoms with Crippen molar-refractivity contribution >= 4 is 46.2 Å². The Morgan fingerprint density at radius 1 is 1.21 bits per heavy atom. The zero-order valence-electron chi connectivity index (χ0n) is 21.6. The van der Waals surface area contributed by atoms with E-state index in [1.165, 1.54) is 23.1 Å². The normalized spacial score (nSPS) is 17.4. The van der Waals surface area contributed by atoms with E-state index in [1.807, 2.05) is 20.8 Å². The number of nitrogens with zero attached hydrogens (tertiary/aromatic N) is 1. The summed E-state index contributed by atoms with van der Waals surface area (Å²) in [5, 5.41) is 17.6. The van der Waals surface area contributed by atoms with Gasteiger partial charge >= 0.3 is 18.2 Å². The maximum atomic E-state index is 14.7. The Hall–Kier alpha value is -3.87. The molecule has 1 fully saturated rings. The monoisotopic (exact) mass is 549 g/mol. The first-order valence-electron chi connectivity index (χ1n) is 12.1. The molecule has 0 radical (unpaired) electrons. The Kier molecular flexibility index (Phi) is 8.82. The number of likely N-dealkylation sites (tertiary alicyclic amines) is 1. The van der Waals surface area contributed by atoms with Crippen LogP contribution in [-0.4, -0.2) is 59.4 Å². The number of nitrogens with one attached hydrogen (secondary N) is 3. The predicted molar refractivity (Wildman–Crippen MR) is 142 cm³/mol. The molecular weight excluding hydrogens is 517 g/mol. The highest BCUT2D eigenvalue weighted by Gasteiger charge is 2.42. The molecule has 0 aliphatic carbocycles. The molecular formula is C25H32FN5O6S. The number of carbonyl (C=O) groups is 4. The smallest absolute Gasteiger partial charge is 0.411 e. The van der Waals surface area contributed by atoms with Gasteiger partial charge in [-0.3, -0.25) is 15.4 Å². The maximum Gasteiger partial charge on any atom is 0.411 e. The SMILES string of the molecule is CCOC(=O)Nc1ccc(-c2cc(C(=O)N[C@H]3CCCN(C(=O)O)C3C(C)(C)C)c(NC(N)=O)s2)cc1F. The van der Waals surface area contributed by atoms with Crippen LogP contribution in [0.15, 0.2) is 24.3 Å². The lowest BCUT2D eigenvalue weighted by molar-refractivity contribution is 0.0359. The fourth-order valence-electron chi connectivity index (χ4n) is 4.63. The number of carbonyl (C=O) groups excluding carboxylic acids is 3. The number of primary amides is 1. The Bertz CT molecular complexity index is 1230. The van der Waals surface area contributed by atoms with Gasteiger partial charge in [0.1, 0.15) is 10.8 Å². The minimum atomic E-state index is -1.05. The molecule has 1 saturated heterocycles. The van der Waals surface area contributed by atoms with Crippen LogP contribution < -0.4 is 21.7 Å². The third kappa shape index (κ3) is 6.71. The summed E-state index contributed by atoms with van der Waals surface area (Å²) in [6, 6.07) is 3.77. The van der Waals surface area contributed by atoms with E-state index in [0.717, 1.165) is 11.3 Å². The average Bonchev–Trinajstić information content (AvgIpc) is 3.23. The van der Waals surface area contributed by atoms with Crippen molar-refractivity contribution in [3.05, 3.63) is 35.6 Å². The van der Waals surface area contributed by atoms with Crippen LogP contribution in [0.25, 0.3) is 10.4 Å². The van der Waals surface area contributed by atoms with Gasteiger partial charge in [-0.25, -0.2) is 18.8 Å². The Morgan fingerprint density at radius 2 is 1.92 bits per heavy atom. The third-order valence-electron chi connectivity index (χ3n) is 6.06. The number of piperidine rings is 1. The highest BCUT2D eigenvalue weighted by atomic mass is 32.1. The zero-order valence-corrected chi connectivity index (χ0v) is 22.4. The van der Waals surface area contributed by atoms with E-state index < -0.39 is 47.4 Å². The quantitative estimate of drug-likeness (QED) is 0.344. The van der Waals surface area contributed by atoms with E-state index in [1.54, 1.807) is 13.0 Å². The van der Waals surface area contributed by atoms with Gasteiger partial charge in [0, 0.05) is 11.4 Å². The Morgan fingerprint density at radius 3 is 2.50 bits per heavy atom. The molecule has 13 heteroatoms. The Balaban J connectivity index is 1.91. The van der Waals surface area contributed by atoms with Crippen LogP contribution in [0, 0.1) is 11.2 Å². The standard InChI is InChI=1S/C25H32FN5O6S/c1-5-37-23(34)29-16-9-8-13(11-15(16)26)18-12-14(21(38-18)30-22(27)33)20(32)28-17-7-6-10-31(24(35)36)19(17)25(2,3)4/h8-9,11-12,17,19H,5-7,10H2,1-4H3,(H,28,32)(H,29,34)(H,35,36)(H3,27,30,33)/t17-,19?/m0/s1. The zero-order chi connectivity index (χ0) is 28.2. The second kappa shape index (κ2) is 11.7. The van der Waals surface area contributed by atoms with Gasteiger partial charge in [0.05, 0.1) is 29.9 Å². The van der Waals surface area contributed by atoms with Gasteiger partial charge in [-0.1, -0.05) is 26.8 Å². The molecule has 206 valence electrons. The van der Waals surface area contributed by atoms with Gasteiger partial charge < -0.3 is 25.8 Å². The minimum Gasteiger partial charge on any atom is -0.465 e. The summed E-state index contributed by atoms with van der Waals surface area (Å²) in [5.74, 6) is -1.24. The van der Waals surface area contributed by atoms with Crippen molar-refractivity contribution in [2.75, 3.05) is 23.8 Å². The molecule has 1 aromatic heterocycles. The first kappa shape index (κ1) is 28.7. The van der Waals surface area contributed by atoms with E-state index in [4.69, 9.17) is 10.5 Å². The number of halogens is 1. The summed E-state index contributed by atoms with van der Waals surface area (Å²) < 4.78 is 19.5. The second-order valence-corrected chi connectivity index (χ2v) is 10.9.